The second-order valence-electron chi connectivity index (χ2n) is 32.0. The quantitative estimate of drug-likeness (QED) is 0.0995. The van der Waals surface area contributed by atoms with Crippen molar-refractivity contribution in [1.29, 1.82) is 0 Å². The van der Waals surface area contributed by atoms with Crippen LogP contribution in [0.1, 0.15) is 178 Å². The van der Waals surface area contributed by atoms with Crippen molar-refractivity contribution in [1.82, 2.24) is 0 Å². The molecule has 2 nitrogen and oxygen atoms in total. The Kier molecular flexibility index (Phi) is 14.9. The summed E-state index contributed by atoms with van der Waals surface area (Å²) in [5.74, 6) is 0. The van der Waals surface area contributed by atoms with Gasteiger partial charge in [0.2, 0.25) is 0 Å². The number of rotatable bonds is 10. The van der Waals surface area contributed by atoms with Crippen LogP contribution in [0, 0.1) is 0 Å². The fourth-order valence-electron chi connectivity index (χ4n) is 14.9. The van der Waals surface area contributed by atoms with Crippen molar-refractivity contribution in [3.63, 3.8) is 0 Å². The van der Waals surface area contributed by atoms with Crippen LogP contribution in [0.3, 0.4) is 0 Å². The lowest BCUT2D eigenvalue weighted by Crippen LogP contribution is -2.17. The standard InChI is InChI=1S/C92H90N2/c1-87(2,3)63-29-37-67(38-30-63)93(68-39-31-64(32-40-68)88(4,5)6)71-45-51-79-77-49-27-61(55-83(77)91(13,14)85(79)57-71)23-21-59-25-47-75-76-48-26-60(54-82(76)74-20-18-17-19-73(74)81(75)53-59)22-24-62-28-50-78-80-52-46-72(58-86(80)92(15,16)84(78)56-62)94(69-41-33-65(34-42-69)89(7,8)9)70-43-35-66(36-44-70)90(10,11)12/h17-58H,1-16H3. The second kappa shape index (κ2) is 22.6. The summed E-state index contributed by atoms with van der Waals surface area (Å²) < 4.78 is 0. The van der Waals surface area contributed by atoms with Gasteiger partial charge in [-0.25, -0.2) is 0 Å². The number of hydrogen-bond donors (Lipinski definition) is 0. The number of benzene rings is 12. The first-order valence-electron chi connectivity index (χ1n) is 34.0. The molecule has 0 saturated heterocycles. The fraction of sp³-hybridized carbons (Fsp3) is 0.239. The highest BCUT2D eigenvalue weighted by Gasteiger charge is 2.38. The smallest absolute Gasteiger partial charge is 0.0465 e. The van der Waals surface area contributed by atoms with Gasteiger partial charge < -0.3 is 9.80 Å². The minimum atomic E-state index is -0.204. The number of hydrogen-bond acceptors (Lipinski definition) is 2. The third-order valence-corrected chi connectivity index (χ3v) is 20.7. The van der Waals surface area contributed by atoms with Gasteiger partial charge in [0.05, 0.1) is 0 Å². The van der Waals surface area contributed by atoms with Crippen molar-refractivity contribution < 1.29 is 0 Å². The van der Waals surface area contributed by atoms with Gasteiger partial charge in [-0.15, -0.1) is 0 Å². The molecule has 0 radical (unpaired) electrons. The van der Waals surface area contributed by atoms with Gasteiger partial charge in [-0.1, -0.05) is 281 Å². The van der Waals surface area contributed by atoms with E-state index in [0.29, 0.717) is 0 Å². The van der Waals surface area contributed by atoms with Gasteiger partial charge in [-0.05, 0) is 228 Å². The van der Waals surface area contributed by atoms with E-state index >= 15 is 0 Å². The Balaban J connectivity index is 0.722. The molecule has 14 rings (SSSR count). The van der Waals surface area contributed by atoms with Crippen molar-refractivity contribution in [3.8, 4) is 22.3 Å². The van der Waals surface area contributed by atoms with Crippen LogP contribution >= 0.6 is 0 Å². The van der Waals surface area contributed by atoms with Crippen LogP contribution < -0.4 is 9.80 Å². The van der Waals surface area contributed by atoms with Gasteiger partial charge in [-0.3, -0.25) is 0 Å². The summed E-state index contributed by atoms with van der Waals surface area (Å²) in [6, 6.07) is 88.0. The Morgan fingerprint density at radius 2 is 0.468 bits per heavy atom. The molecule has 2 heteroatoms. The summed E-state index contributed by atoms with van der Waals surface area (Å²) in [6.45, 7) is 37.0. The molecule has 468 valence electrons. The summed E-state index contributed by atoms with van der Waals surface area (Å²) in [4.78, 5) is 4.85. The van der Waals surface area contributed by atoms with Crippen molar-refractivity contribution in [2.45, 2.75) is 143 Å². The molecule has 0 bridgehead atoms. The van der Waals surface area contributed by atoms with Crippen molar-refractivity contribution in [2.24, 2.45) is 0 Å². The van der Waals surface area contributed by atoms with Gasteiger partial charge >= 0.3 is 0 Å². The van der Waals surface area contributed by atoms with E-state index in [1.54, 1.807) is 0 Å². The summed E-state index contributed by atoms with van der Waals surface area (Å²) in [7, 11) is 0. The Morgan fingerprint density at radius 3 is 0.755 bits per heavy atom. The molecule has 12 aromatic rings. The Bertz CT molecular complexity index is 4540. The van der Waals surface area contributed by atoms with Crippen LogP contribution in [0.2, 0.25) is 0 Å². The molecule has 0 amide bonds. The molecule has 0 saturated carbocycles. The molecular formula is C92H90N2. The Labute approximate surface area is 560 Å². The van der Waals surface area contributed by atoms with E-state index in [2.05, 4.69) is 375 Å². The average molecular weight is 1220 g/mol. The van der Waals surface area contributed by atoms with Gasteiger partial charge in [0.25, 0.3) is 0 Å². The van der Waals surface area contributed by atoms with Gasteiger partial charge in [-0.2, -0.15) is 0 Å². The molecule has 0 spiro atoms. The minimum Gasteiger partial charge on any atom is -0.310 e. The third kappa shape index (κ3) is 11.2. The molecule has 0 fully saturated rings. The lowest BCUT2D eigenvalue weighted by Gasteiger charge is -2.29. The normalized spacial score (nSPS) is 14.3. The first-order valence-corrected chi connectivity index (χ1v) is 34.0. The fourth-order valence-corrected chi connectivity index (χ4v) is 14.9. The monoisotopic (exact) mass is 1220 g/mol. The first kappa shape index (κ1) is 62.0. The highest BCUT2D eigenvalue weighted by molar-refractivity contribution is 6.26. The summed E-state index contributed by atoms with van der Waals surface area (Å²) in [5, 5.41) is 7.61. The maximum Gasteiger partial charge on any atom is 0.0465 e. The van der Waals surface area contributed by atoms with Crippen LogP contribution in [-0.2, 0) is 32.5 Å². The van der Waals surface area contributed by atoms with E-state index < -0.39 is 0 Å². The predicted molar refractivity (Wildman–Crippen MR) is 409 cm³/mol. The van der Waals surface area contributed by atoms with Gasteiger partial charge in [0.1, 0.15) is 0 Å². The molecule has 0 aliphatic heterocycles. The second-order valence-corrected chi connectivity index (χ2v) is 32.0. The van der Waals surface area contributed by atoms with Gasteiger partial charge in [0, 0.05) is 45.0 Å². The third-order valence-electron chi connectivity index (χ3n) is 20.7. The molecule has 0 heterocycles. The lowest BCUT2D eigenvalue weighted by molar-refractivity contribution is 0.590. The zero-order chi connectivity index (χ0) is 66.0. The zero-order valence-electron chi connectivity index (χ0n) is 58.1. The van der Waals surface area contributed by atoms with E-state index in [1.807, 2.05) is 0 Å². The first-order chi connectivity index (χ1) is 44.6. The van der Waals surface area contributed by atoms with Crippen LogP contribution in [-0.4, -0.2) is 0 Å². The van der Waals surface area contributed by atoms with Crippen molar-refractivity contribution >= 4 is 90.7 Å². The van der Waals surface area contributed by atoms with E-state index in [4.69, 9.17) is 0 Å². The molecule has 2 aliphatic rings. The topological polar surface area (TPSA) is 6.48 Å². The van der Waals surface area contributed by atoms with Gasteiger partial charge in [0.15, 0.2) is 0 Å². The van der Waals surface area contributed by atoms with E-state index in [9.17, 15) is 0 Å². The van der Waals surface area contributed by atoms with Crippen molar-refractivity contribution in [3.05, 3.63) is 297 Å². The summed E-state index contributed by atoms with van der Waals surface area (Å²) >= 11 is 0. The highest BCUT2D eigenvalue weighted by Crippen LogP contribution is 2.54. The van der Waals surface area contributed by atoms with Crippen LogP contribution in [0.25, 0.3) is 78.9 Å². The number of nitrogens with zero attached hydrogens (tertiary/aromatic N) is 2. The molecule has 94 heavy (non-hydrogen) atoms. The van der Waals surface area contributed by atoms with Crippen LogP contribution in [0.5, 0.6) is 0 Å². The zero-order valence-corrected chi connectivity index (χ0v) is 58.1. The van der Waals surface area contributed by atoms with Crippen LogP contribution in [0.4, 0.5) is 34.1 Å². The summed E-state index contributed by atoms with van der Waals surface area (Å²) in [5.41, 5.74) is 27.6. The highest BCUT2D eigenvalue weighted by atomic mass is 15.1. The Morgan fingerprint density at radius 1 is 0.234 bits per heavy atom. The maximum absolute atomic E-state index is 2.44. The molecule has 0 atom stereocenters. The van der Waals surface area contributed by atoms with Crippen LogP contribution in [0.15, 0.2) is 231 Å². The number of fused-ring (bicyclic) bond motifs is 12. The van der Waals surface area contributed by atoms with E-state index in [0.717, 1.165) is 34.1 Å². The lowest BCUT2D eigenvalue weighted by atomic mass is 9.81. The molecule has 12 aromatic carbocycles. The minimum absolute atomic E-state index is 0.0705. The summed E-state index contributed by atoms with van der Waals surface area (Å²) in [6.07, 6.45) is 9.18. The SMILES string of the molecule is CC(C)(C)c1ccc(N(c2ccc(C(C)(C)C)cc2)c2ccc3c(c2)C(C)(C)c2cc(C=Cc4ccc5c6ccc(C=Cc7ccc8c(c7)C(C)(C)c7cc(N(c9ccc(C(C)(C)C)cc9)c9ccc(C(C)(C)C)cc9)ccc7-8)cc6c6ccccc6c5c4)ccc2-3)cc1. The Hall–Kier alpha value is -9.50. The molecule has 0 N–H and O–H groups in total. The maximum atomic E-state index is 2.44. The molecule has 0 unspecified atom stereocenters. The molecular weight excluding hydrogens is 1130 g/mol. The van der Waals surface area contributed by atoms with E-state index in [1.165, 1.54) is 121 Å². The average Bonchev–Trinajstić information content (AvgIpc) is 1.46. The largest absolute Gasteiger partial charge is 0.310 e. The van der Waals surface area contributed by atoms with E-state index in [-0.39, 0.29) is 32.5 Å². The molecule has 2 aliphatic carbocycles. The van der Waals surface area contributed by atoms with Crippen molar-refractivity contribution in [2.75, 3.05) is 9.80 Å². The predicted octanol–water partition coefficient (Wildman–Crippen LogP) is 26.2. The molecule has 0 aromatic heterocycles. The number of anilines is 6.